The lowest BCUT2D eigenvalue weighted by atomic mass is 10.3. The van der Waals surface area contributed by atoms with Gasteiger partial charge in [0.25, 0.3) is 5.56 Å². The fourth-order valence-corrected chi connectivity index (χ4v) is 2.78. The molecule has 0 bridgehead atoms. The summed E-state index contributed by atoms with van der Waals surface area (Å²) < 4.78 is 12.6. The summed E-state index contributed by atoms with van der Waals surface area (Å²) in [6, 6.07) is 9.14. The Morgan fingerprint density at radius 3 is 2.76 bits per heavy atom. The summed E-state index contributed by atoms with van der Waals surface area (Å²) in [7, 11) is 0. The number of rotatable bonds is 12. The van der Waals surface area contributed by atoms with Crippen molar-refractivity contribution in [3.8, 4) is 0 Å². The minimum absolute atomic E-state index is 0. The molecule has 0 amide bonds. The Morgan fingerprint density at radius 2 is 2.03 bits per heavy atom. The van der Waals surface area contributed by atoms with Crippen molar-refractivity contribution in [3.05, 3.63) is 58.4 Å². The largest absolute Gasteiger partial charge is 0.467 e. The van der Waals surface area contributed by atoms with Crippen molar-refractivity contribution >= 4 is 29.9 Å². The van der Waals surface area contributed by atoms with E-state index in [9.17, 15) is 4.79 Å². The van der Waals surface area contributed by atoms with Crippen LogP contribution >= 0.6 is 24.0 Å². The standard InChI is InChI=1S/C21H32N4O3.HI/c1-3-22-21(24-13-8-15-27-17-19-10-7-16-28-19)23-12-4-5-14-25-18(2)9-6-11-20(25)26;/h6-7,9-11,16H,3-5,8,12-15,17H2,1-2H3,(H2,22,23,24);1H. The van der Waals surface area contributed by atoms with Gasteiger partial charge in [-0.25, -0.2) is 0 Å². The van der Waals surface area contributed by atoms with E-state index < -0.39 is 0 Å². The summed E-state index contributed by atoms with van der Waals surface area (Å²) in [6.45, 7) is 8.25. The monoisotopic (exact) mass is 516 g/mol. The lowest BCUT2D eigenvalue weighted by Gasteiger charge is -2.12. The van der Waals surface area contributed by atoms with Gasteiger partial charge < -0.3 is 24.4 Å². The Labute approximate surface area is 190 Å². The highest BCUT2D eigenvalue weighted by Gasteiger charge is 2.00. The van der Waals surface area contributed by atoms with Crippen LogP contribution < -0.4 is 16.2 Å². The van der Waals surface area contributed by atoms with Crippen LogP contribution in [-0.2, 0) is 17.9 Å². The number of furan rings is 1. The zero-order chi connectivity index (χ0) is 20.0. The molecule has 2 heterocycles. The average Bonchev–Trinajstić information content (AvgIpc) is 3.19. The maximum absolute atomic E-state index is 11.9. The Bertz CT molecular complexity index is 760. The first-order valence-corrected chi connectivity index (χ1v) is 9.99. The predicted molar refractivity (Wildman–Crippen MR) is 127 cm³/mol. The number of nitrogens with one attached hydrogen (secondary N) is 2. The molecule has 0 aliphatic rings. The number of aromatic nitrogens is 1. The van der Waals surface area contributed by atoms with Gasteiger partial charge in [-0.1, -0.05) is 6.07 Å². The summed E-state index contributed by atoms with van der Waals surface area (Å²) in [5.41, 5.74) is 1.07. The summed E-state index contributed by atoms with van der Waals surface area (Å²) in [5, 5.41) is 6.60. The van der Waals surface area contributed by atoms with Crippen LogP contribution in [0.25, 0.3) is 0 Å². The van der Waals surface area contributed by atoms with E-state index in [-0.39, 0.29) is 29.5 Å². The fraction of sp³-hybridized carbons (Fsp3) is 0.524. The second-order valence-corrected chi connectivity index (χ2v) is 6.54. The van der Waals surface area contributed by atoms with E-state index in [1.54, 1.807) is 18.4 Å². The Balaban J connectivity index is 0.00000420. The molecule has 0 saturated heterocycles. The number of pyridine rings is 1. The minimum atomic E-state index is 0. The molecular formula is C21H33IN4O3. The van der Waals surface area contributed by atoms with Gasteiger partial charge in [-0.05, 0) is 51.3 Å². The highest BCUT2D eigenvalue weighted by Crippen LogP contribution is 2.02. The first kappa shape index (κ1) is 25.2. The van der Waals surface area contributed by atoms with E-state index in [1.165, 1.54) is 0 Å². The molecule has 0 aliphatic heterocycles. The second-order valence-electron chi connectivity index (χ2n) is 6.54. The number of ether oxygens (including phenoxy) is 1. The van der Waals surface area contributed by atoms with E-state index in [2.05, 4.69) is 15.6 Å². The van der Waals surface area contributed by atoms with Gasteiger partial charge in [-0.15, -0.1) is 24.0 Å². The molecule has 0 spiro atoms. The molecule has 0 aliphatic carbocycles. The quantitative estimate of drug-likeness (QED) is 0.196. The van der Waals surface area contributed by atoms with Crippen molar-refractivity contribution in [2.45, 2.75) is 46.3 Å². The number of halogens is 1. The van der Waals surface area contributed by atoms with Crippen molar-refractivity contribution in [2.75, 3.05) is 26.2 Å². The number of hydrogen-bond donors (Lipinski definition) is 2. The van der Waals surface area contributed by atoms with Crippen LogP contribution in [0.1, 0.15) is 37.6 Å². The van der Waals surface area contributed by atoms with E-state index >= 15 is 0 Å². The number of hydrogen-bond acceptors (Lipinski definition) is 4. The van der Waals surface area contributed by atoms with Crippen LogP contribution in [0.3, 0.4) is 0 Å². The van der Waals surface area contributed by atoms with Gasteiger partial charge in [-0.2, -0.15) is 0 Å². The molecule has 2 aromatic heterocycles. The summed E-state index contributed by atoms with van der Waals surface area (Å²) in [4.78, 5) is 16.4. The lowest BCUT2D eigenvalue weighted by Crippen LogP contribution is -2.38. The normalized spacial score (nSPS) is 11.2. The van der Waals surface area contributed by atoms with Crippen LogP contribution in [0.15, 0.2) is 50.8 Å². The number of aliphatic imine (C=N–C) groups is 1. The first-order chi connectivity index (χ1) is 13.7. The highest BCUT2D eigenvalue weighted by molar-refractivity contribution is 14.0. The fourth-order valence-electron chi connectivity index (χ4n) is 2.78. The molecule has 29 heavy (non-hydrogen) atoms. The highest BCUT2D eigenvalue weighted by atomic mass is 127. The molecule has 7 nitrogen and oxygen atoms in total. The van der Waals surface area contributed by atoms with Crippen LogP contribution in [0.2, 0.25) is 0 Å². The van der Waals surface area contributed by atoms with Crippen LogP contribution in [0.4, 0.5) is 0 Å². The molecule has 162 valence electrons. The molecule has 0 aromatic carbocycles. The van der Waals surface area contributed by atoms with Crippen molar-refractivity contribution in [1.29, 1.82) is 0 Å². The Kier molecular flexibility index (Phi) is 13.1. The van der Waals surface area contributed by atoms with Crippen LogP contribution in [-0.4, -0.2) is 36.8 Å². The summed E-state index contributed by atoms with van der Waals surface area (Å²) in [6.07, 6.45) is 4.42. The number of aryl methyl sites for hydroxylation is 1. The molecule has 8 heteroatoms. The number of unbranched alkanes of at least 4 members (excludes halogenated alkanes) is 1. The Morgan fingerprint density at radius 1 is 1.17 bits per heavy atom. The third kappa shape index (κ3) is 9.98. The van der Waals surface area contributed by atoms with Gasteiger partial charge in [0, 0.05) is 44.5 Å². The molecular weight excluding hydrogens is 483 g/mol. The van der Waals surface area contributed by atoms with Crippen molar-refractivity contribution < 1.29 is 9.15 Å². The molecule has 0 unspecified atom stereocenters. The molecule has 2 N–H and O–H groups in total. The van der Waals surface area contributed by atoms with Crippen molar-refractivity contribution in [2.24, 2.45) is 4.99 Å². The van der Waals surface area contributed by atoms with Gasteiger partial charge in [0.05, 0.1) is 6.26 Å². The van der Waals surface area contributed by atoms with E-state index in [0.717, 1.165) is 56.3 Å². The zero-order valence-corrected chi connectivity index (χ0v) is 19.7. The molecule has 2 rings (SSSR count). The molecule has 2 aromatic rings. The van der Waals surface area contributed by atoms with E-state index in [1.807, 2.05) is 36.6 Å². The minimum Gasteiger partial charge on any atom is -0.467 e. The molecule has 0 atom stereocenters. The maximum Gasteiger partial charge on any atom is 0.250 e. The van der Waals surface area contributed by atoms with Crippen LogP contribution in [0.5, 0.6) is 0 Å². The number of guanidine groups is 1. The Hall–Kier alpha value is -1.81. The van der Waals surface area contributed by atoms with Gasteiger partial charge in [-0.3, -0.25) is 9.79 Å². The van der Waals surface area contributed by atoms with Gasteiger partial charge in [0.2, 0.25) is 0 Å². The third-order valence-electron chi connectivity index (χ3n) is 4.25. The molecule has 0 radical (unpaired) electrons. The zero-order valence-electron chi connectivity index (χ0n) is 17.4. The lowest BCUT2D eigenvalue weighted by molar-refractivity contribution is 0.105. The van der Waals surface area contributed by atoms with Crippen molar-refractivity contribution in [3.63, 3.8) is 0 Å². The topological polar surface area (TPSA) is 80.8 Å². The third-order valence-corrected chi connectivity index (χ3v) is 4.25. The summed E-state index contributed by atoms with van der Waals surface area (Å²) >= 11 is 0. The predicted octanol–water partition coefficient (Wildman–Crippen LogP) is 3.31. The average molecular weight is 516 g/mol. The molecule has 0 fully saturated rings. The van der Waals surface area contributed by atoms with E-state index in [4.69, 9.17) is 9.15 Å². The van der Waals surface area contributed by atoms with Gasteiger partial charge >= 0.3 is 0 Å². The maximum atomic E-state index is 11.9. The van der Waals surface area contributed by atoms with Gasteiger partial charge in [0.15, 0.2) is 5.96 Å². The second kappa shape index (κ2) is 15.1. The van der Waals surface area contributed by atoms with E-state index in [0.29, 0.717) is 19.8 Å². The first-order valence-electron chi connectivity index (χ1n) is 9.99. The van der Waals surface area contributed by atoms with Gasteiger partial charge in [0.1, 0.15) is 12.4 Å². The number of nitrogens with zero attached hydrogens (tertiary/aromatic N) is 2. The smallest absolute Gasteiger partial charge is 0.250 e. The summed E-state index contributed by atoms with van der Waals surface area (Å²) in [5.74, 6) is 1.66. The molecule has 0 saturated carbocycles. The SMILES string of the molecule is CCNC(=NCCCOCc1ccco1)NCCCCn1c(C)cccc1=O.I. The van der Waals surface area contributed by atoms with Crippen molar-refractivity contribution in [1.82, 2.24) is 15.2 Å². The van der Waals surface area contributed by atoms with Crippen LogP contribution in [0, 0.1) is 6.92 Å².